The van der Waals surface area contributed by atoms with E-state index in [1.807, 2.05) is 18.2 Å². The minimum absolute atomic E-state index is 0.0346. The number of carbonyl (C=O) groups is 2. The maximum atomic E-state index is 14.0. The molecule has 3 fully saturated rings. The first kappa shape index (κ1) is 23.2. The summed E-state index contributed by atoms with van der Waals surface area (Å²) in [6.45, 7) is 0.295. The van der Waals surface area contributed by atoms with E-state index in [9.17, 15) is 9.59 Å². The van der Waals surface area contributed by atoms with Gasteiger partial charge in [0.05, 0.1) is 6.54 Å². The minimum atomic E-state index is -0.791. The van der Waals surface area contributed by atoms with Crippen LogP contribution in [0.2, 0.25) is 5.02 Å². The first-order valence-electron chi connectivity index (χ1n) is 13.2. The molecule has 1 aliphatic heterocycles. The summed E-state index contributed by atoms with van der Waals surface area (Å²) < 4.78 is 0. The van der Waals surface area contributed by atoms with Gasteiger partial charge in [0.25, 0.3) is 0 Å². The van der Waals surface area contributed by atoms with Gasteiger partial charge < -0.3 is 10.6 Å². The lowest BCUT2D eigenvalue weighted by Gasteiger charge is -2.47. The Bertz CT molecular complexity index is 874. The standard InChI is InChI=1S/C27H38ClN3O2/c28-20-14-15-23-24(16-20)30-26(33)27(23,17-19-8-3-1-4-9-19)31(22-12-5-2-6-13-22)18-25(32)29-21-10-7-11-21/h14-16,19,21-22H,1-13,17-18H2,(H,29,32)(H,30,33). The van der Waals surface area contributed by atoms with Gasteiger partial charge in [0.15, 0.2) is 0 Å². The highest BCUT2D eigenvalue weighted by Gasteiger charge is 2.54. The summed E-state index contributed by atoms with van der Waals surface area (Å²) in [6.07, 6.45) is 15.9. The molecule has 0 aromatic heterocycles. The highest BCUT2D eigenvalue weighted by molar-refractivity contribution is 6.31. The zero-order valence-electron chi connectivity index (χ0n) is 19.7. The van der Waals surface area contributed by atoms with E-state index < -0.39 is 5.54 Å². The molecule has 33 heavy (non-hydrogen) atoms. The third kappa shape index (κ3) is 4.68. The SMILES string of the molecule is O=C(CN(C1CCCCC1)C1(CC2CCCCC2)C(=O)Nc2cc(Cl)ccc21)NC1CCC1. The topological polar surface area (TPSA) is 61.4 Å². The Kier molecular flexibility index (Phi) is 6.99. The number of halogens is 1. The molecule has 0 spiro atoms. The van der Waals surface area contributed by atoms with E-state index >= 15 is 0 Å². The van der Waals surface area contributed by atoms with Gasteiger partial charge in [-0.25, -0.2) is 0 Å². The fraction of sp³-hybridized carbons (Fsp3) is 0.704. The molecule has 0 bridgehead atoms. The van der Waals surface area contributed by atoms with E-state index in [1.54, 1.807) is 0 Å². The number of nitrogens with zero attached hydrogens (tertiary/aromatic N) is 1. The smallest absolute Gasteiger partial charge is 0.249 e. The molecule has 5 rings (SSSR count). The number of nitrogens with one attached hydrogen (secondary N) is 2. The van der Waals surface area contributed by atoms with Gasteiger partial charge in [0.1, 0.15) is 5.54 Å². The highest BCUT2D eigenvalue weighted by atomic mass is 35.5. The molecule has 2 amide bonds. The first-order valence-corrected chi connectivity index (χ1v) is 13.6. The summed E-state index contributed by atoms with van der Waals surface area (Å²) in [7, 11) is 0. The maximum absolute atomic E-state index is 14.0. The molecule has 1 unspecified atom stereocenters. The maximum Gasteiger partial charge on any atom is 0.249 e. The number of hydrogen-bond acceptors (Lipinski definition) is 3. The van der Waals surface area contributed by atoms with Crippen molar-refractivity contribution in [2.45, 2.75) is 108 Å². The molecule has 3 aliphatic carbocycles. The van der Waals surface area contributed by atoms with Crippen molar-refractivity contribution in [2.75, 3.05) is 11.9 Å². The summed E-state index contributed by atoms with van der Waals surface area (Å²) >= 11 is 6.32. The Morgan fingerprint density at radius 3 is 2.36 bits per heavy atom. The molecule has 1 aromatic carbocycles. The van der Waals surface area contributed by atoms with Gasteiger partial charge >= 0.3 is 0 Å². The fourth-order valence-electron chi connectivity index (χ4n) is 6.69. The molecule has 1 aromatic rings. The fourth-order valence-corrected chi connectivity index (χ4v) is 6.86. The number of carbonyl (C=O) groups excluding carboxylic acids is 2. The Morgan fingerprint density at radius 1 is 1.00 bits per heavy atom. The van der Waals surface area contributed by atoms with Crippen LogP contribution in [-0.2, 0) is 15.1 Å². The van der Waals surface area contributed by atoms with Gasteiger partial charge in [0.2, 0.25) is 11.8 Å². The van der Waals surface area contributed by atoms with Crippen molar-refractivity contribution in [3.05, 3.63) is 28.8 Å². The zero-order valence-corrected chi connectivity index (χ0v) is 20.5. The summed E-state index contributed by atoms with van der Waals surface area (Å²) in [6, 6.07) is 6.39. The predicted octanol–water partition coefficient (Wildman–Crippen LogP) is 5.76. The average molecular weight is 472 g/mol. The molecule has 5 nitrogen and oxygen atoms in total. The second kappa shape index (κ2) is 9.95. The van der Waals surface area contributed by atoms with Gasteiger partial charge in [-0.05, 0) is 56.6 Å². The molecule has 0 saturated heterocycles. The van der Waals surface area contributed by atoms with Gasteiger partial charge in [-0.3, -0.25) is 14.5 Å². The Labute approximate surface area is 203 Å². The van der Waals surface area contributed by atoms with Crippen LogP contribution in [-0.4, -0.2) is 35.3 Å². The van der Waals surface area contributed by atoms with Crippen LogP contribution >= 0.6 is 11.6 Å². The lowest BCUT2D eigenvalue weighted by molar-refractivity contribution is -0.137. The molecular weight excluding hydrogens is 434 g/mol. The monoisotopic (exact) mass is 471 g/mol. The van der Waals surface area contributed by atoms with Crippen molar-refractivity contribution in [1.82, 2.24) is 10.2 Å². The van der Waals surface area contributed by atoms with Crippen LogP contribution in [0, 0.1) is 5.92 Å². The van der Waals surface area contributed by atoms with Gasteiger partial charge in [-0.1, -0.05) is 69.0 Å². The minimum Gasteiger partial charge on any atom is -0.352 e. The van der Waals surface area contributed by atoms with Crippen LogP contribution in [0.3, 0.4) is 0 Å². The van der Waals surface area contributed by atoms with Crippen molar-refractivity contribution >= 4 is 29.1 Å². The lowest BCUT2D eigenvalue weighted by atomic mass is 9.74. The van der Waals surface area contributed by atoms with Gasteiger partial charge in [-0.15, -0.1) is 0 Å². The lowest BCUT2D eigenvalue weighted by Crippen LogP contribution is -2.59. The number of rotatable bonds is 7. The molecule has 4 aliphatic rings. The highest BCUT2D eigenvalue weighted by Crippen LogP contribution is 2.49. The van der Waals surface area contributed by atoms with E-state index in [0.717, 1.165) is 43.4 Å². The van der Waals surface area contributed by atoms with Crippen molar-refractivity contribution < 1.29 is 9.59 Å². The van der Waals surface area contributed by atoms with E-state index in [0.29, 0.717) is 23.5 Å². The van der Waals surface area contributed by atoms with Crippen molar-refractivity contribution in [3.8, 4) is 0 Å². The molecule has 6 heteroatoms. The molecule has 2 N–H and O–H groups in total. The number of benzene rings is 1. The largest absolute Gasteiger partial charge is 0.352 e. The van der Waals surface area contributed by atoms with Crippen molar-refractivity contribution in [2.24, 2.45) is 5.92 Å². The van der Waals surface area contributed by atoms with E-state index in [-0.39, 0.29) is 17.9 Å². The number of hydrogen-bond donors (Lipinski definition) is 2. The normalized spacial score (nSPS) is 26.7. The second-order valence-electron chi connectivity index (χ2n) is 10.8. The number of anilines is 1. The van der Waals surface area contributed by atoms with Crippen LogP contribution in [0.15, 0.2) is 18.2 Å². The van der Waals surface area contributed by atoms with Crippen LogP contribution in [0.25, 0.3) is 0 Å². The first-order chi connectivity index (χ1) is 16.1. The van der Waals surface area contributed by atoms with E-state index in [4.69, 9.17) is 11.6 Å². The van der Waals surface area contributed by atoms with Crippen LogP contribution in [0.5, 0.6) is 0 Å². The third-order valence-corrected chi connectivity index (χ3v) is 8.88. The Balaban J connectivity index is 1.53. The molecule has 180 valence electrons. The quantitative estimate of drug-likeness (QED) is 0.531. The van der Waals surface area contributed by atoms with E-state index in [1.165, 1.54) is 57.8 Å². The van der Waals surface area contributed by atoms with Gasteiger partial charge in [0, 0.05) is 28.4 Å². The molecule has 0 radical (unpaired) electrons. The van der Waals surface area contributed by atoms with Crippen LogP contribution in [0.4, 0.5) is 5.69 Å². The van der Waals surface area contributed by atoms with Crippen LogP contribution < -0.4 is 10.6 Å². The van der Waals surface area contributed by atoms with Gasteiger partial charge in [-0.2, -0.15) is 0 Å². The average Bonchev–Trinajstić information content (AvgIpc) is 3.06. The van der Waals surface area contributed by atoms with Crippen molar-refractivity contribution in [1.29, 1.82) is 0 Å². The third-order valence-electron chi connectivity index (χ3n) is 8.65. The number of amides is 2. The summed E-state index contributed by atoms with van der Waals surface area (Å²) in [5, 5.41) is 7.06. The summed E-state index contributed by atoms with van der Waals surface area (Å²) in [5.74, 6) is 0.614. The van der Waals surface area contributed by atoms with E-state index in [2.05, 4.69) is 15.5 Å². The molecule has 1 heterocycles. The molecular formula is C27H38ClN3O2. The summed E-state index contributed by atoms with van der Waals surface area (Å²) in [5.41, 5.74) is 1.05. The Morgan fingerprint density at radius 2 is 1.70 bits per heavy atom. The molecule has 3 saturated carbocycles. The number of fused-ring (bicyclic) bond motifs is 1. The summed E-state index contributed by atoms with van der Waals surface area (Å²) in [4.78, 5) is 29.5. The second-order valence-corrected chi connectivity index (χ2v) is 11.3. The zero-order chi connectivity index (χ0) is 22.8. The Hall–Kier alpha value is -1.59. The molecule has 1 atom stereocenters. The predicted molar refractivity (Wildman–Crippen MR) is 132 cm³/mol. The van der Waals surface area contributed by atoms with Crippen LogP contribution in [0.1, 0.15) is 95.5 Å². The van der Waals surface area contributed by atoms with Crippen molar-refractivity contribution in [3.63, 3.8) is 0 Å².